The van der Waals surface area contributed by atoms with Crippen LogP contribution in [0.1, 0.15) is 11.4 Å². The summed E-state index contributed by atoms with van der Waals surface area (Å²) in [6.07, 6.45) is 1.82. The predicted molar refractivity (Wildman–Crippen MR) is 50.9 cm³/mol. The molecule has 1 aromatic heterocycles. The molecule has 0 atom stereocenters. The van der Waals surface area contributed by atoms with Crippen LogP contribution in [0.3, 0.4) is 0 Å². The lowest BCUT2D eigenvalue weighted by atomic mass is 10.2. The minimum atomic E-state index is 0.944. The first-order valence-electron chi connectivity index (χ1n) is 3.89. The molecule has 1 N–H and O–H groups in total. The summed E-state index contributed by atoms with van der Waals surface area (Å²) in [6, 6.07) is 6.02. The third-order valence-electron chi connectivity index (χ3n) is 1.88. The van der Waals surface area contributed by atoms with Crippen molar-refractivity contribution in [3.63, 3.8) is 0 Å². The van der Waals surface area contributed by atoms with Crippen LogP contribution in [0.5, 0.6) is 0 Å². The Morgan fingerprint density at radius 3 is 3.08 bits per heavy atom. The minimum absolute atomic E-state index is 0.944. The van der Waals surface area contributed by atoms with Gasteiger partial charge in [0.25, 0.3) is 0 Å². The summed E-state index contributed by atoms with van der Waals surface area (Å²) in [5.74, 6) is 0.944. The molecule has 0 bridgehead atoms. The number of para-hydroxylation sites is 1. The maximum atomic E-state index is 4.36. The number of H-pyrrole nitrogens is 1. The fourth-order valence-electron chi connectivity index (χ4n) is 1.34. The van der Waals surface area contributed by atoms with Gasteiger partial charge < -0.3 is 4.98 Å². The summed E-state index contributed by atoms with van der Waals surface area (Å²) < 4.78 is 0. The van der Waals surface area contributed by atoms with Crippen LogP contribution in [0.2, 0.25) is 0 Å². The van der Waals surface area contributed by atoms with Gasteiger partial charge in [-0.2, -0.15) is 0 Å². The lowest BCUT2D eigenvalue weighted by molar-refractivity contribution is 1.17. The van der Waals surface area contributed by atoms with E-state index in [1.807, 2.05) is 31.2 Å². The molecule has 2 nitrogen and oxygen atoms in total. The van der Waals surface area contributed by atoms with Gasteiger partial charge in [-0.15, -0.1) is 0 Å². The normalized spacial score (nSPS) is 10.4. The van der Waals surface area contributed by atoms with Gasteiger partial charge >= 0.3 is 0 Å². The molecule has 2 rings (SSSR count). The lowest BCUT2D eigenvalue weighted by Crippen LogP contribution is -1.74. The number of imidazole rings is 1. The van der Waals surface area contributed by atoms with Crippen molar-refractivity contribution in [1.29, 1.82) is 0 Å². The zero-order valence-electron chi connectivity index (χ0n) is 6.96. The second-order valence-corrected chi connectivity index (χ2v) is 2.77. The van der Waals surface area contributed by atoms with Crippen molar-refractivity contribution in [3.05, 3.63) is 36.2 Å². The van der Waals surface area contributed by atoms with Gasteiger partial charge in [-0.1, -0.05) is 24.8 Å². The van der Waals surface area contributed by atoms with Crippen LogP contribution in [0.15, 0.2) is 24.8 Å². The van der Waals surface area contributed by atoms with Crippen molar-refractivity contribution in [3.8, 4) is 0 Å². The van der Waals surface area contributed by atoms with Crippen LogP contribution >= 0.6 is 0 Å². The quantitative estimate of drug-likeness (QED) is 0.678. The Morgan fingerprint density at radius 2 is 2.33 bits per heavy atom. The molecule has 0 radical (unpaired) electrons. The van der Waals surface area contributed by atoms with Crippen molar-refractivity contribution in [2.75, 3.05) is 0 Å². The number of aromatic amines is 1. The van der Waals surface area contributed by atoms with Gasteiger partial charge in [0.1, 0.15) is 5.82 Å². The largest absolute Gasteiger partial charge is 0.342 e. The van der Waals surface area contributed by atoms with Crippen molar-refractivity contribution in [2.45, 2.75) is 6.92 Å². The van der Waals surface area contributed by atoms with E-state index in [0.29, 0.717) is 0 Å². The maximum absolute atomic E-state index is 4.36. The van der Waals surface area contributed by atoms with Crippen LogP contribution < -0.4 is 0 Å². The summed E-state index contributed by atoms with van der Waals surface area (Å²) in [6.45, 7) is 5.69. The SMILES string of the molecule is C=Cc1cccc2[nH]c(C)nc12. The standard InChI is InChI=1S/C10H10N2/c1-3-8-5-4-6-9-10(8)12-7(2)11-9/h3-6H,1H2,2H3,(H,11,12). The monoisotopic (exact) mass is 158 g/mol. The number of hydrogen-bond donors (Lipinski definition) is 1. The van der Waals surface area contributed by atoms with E-state index in [0.717, 1.165) is 22.4 Å². The first-order valence-corrected chi connectivity index (χ1v) is 3.89. The van der Waals surface area contributed by atoms with Gasteiger partial charge in [0.15, 0.2) is 0 Å². The second-order valence-electron chi connectivity index (χ2n) is 2.77. The summed E-state index contributed by atoms with van der Waals surface area (Å²) in [5, 5.41) is 0. The molecule has 0 aliphatic heterocycles. The highest BCUT2D eigenvalue weighted by molar-refractivity contribution is 5.84. The third-order valence-corrected chi connectivity index (χ3v) is 1.88. The highest BCUT2D eigenvalue weighted by atomic mass is 14.9. The second kappa shape index (κ2) is 2.48. The molecule has 60 valence electrons. The molecule has 2 heteroatoms. The van der Waals surface area contributed by atoms with Crippen molar-refractivity contribution >= 4 is 17.1 Å². The molecule has 2 aromatic rings. The van der Waals surface area contributed by atoms with Gasteiger partial charge in [-0.05, 0) is 13.0 Å². The molecule has 0 saturated heterocycles. The smallest absolute Gasteiger partial charge is 0.104 e. The highest BCUT2D eigenvalue weighted by Gasteiger charge is 2.00. The number of nitrogens with one attached hydrogen (secondary N) is 1. The van der Waals surface area contributed by atoms with Crippen LogP contribution in [0, 0.1) is 6.92 Å². The Hall–Kier alpha value is -1.57. The molecule has 0 unspecified atom stereocenters. The molecule has 0 fully saturated rings. The molecule has 0 aliphatic rings. The summed E-state index contributed by atoms with van der Waals surface area (Å²) in [5.41, 5.74) is 3.16. The van der Waals surface area contributed by atoms with Crippen molar-refractivity contribution < 1.29 is 0 Å². The van der Waals surface area contributed by atoms with Crippen LogP contribution in [-0.4, -0.2) is 9.97 Å². The first-order chi connectivity index (χ1) is 5.81. The van der Waals surface area contributed by atoms with Crippen LogP contribution in [-0.2, 0) is 0 Å². The van der Waals surface area contributed by atoms with Crippen molar-refractivity contribution in [1.82, 2.24) is 9.97 Å². The Balaban J connectivity index is 2.86. The third kappa shape index (κ3) is 0.925. The minimum Gasteiger partial charge on any atom is -0.342 e. The van der Waals surface area contributed by atoms with E-state index in [2.05, 4.69) is 16.5 Å². The molecule has 0 spiro atoms. The Bertz CT molecular complexity index is 426. The van der Waals surface area contributed by atoms with E-state index in [-0.39, 0.29) is 0 Å². The van der Waals surface area contributed by atoms with Crippen LogP contribution in [0.4, 0.5) is 0 Å². The van der Waals surface area contributed by atoms with Crippen LogP contribution in [0.25, 0.3) is 17.1 Å². The maximum Gasteiger partial charge on any atom is 0.104 e. The number of aromatic nitrogens is 2. The average Bonchev–Trinajstić information content (AvgIpc) is 2.44. The van der Waals surface area contributed by atoms with E-state index in [4.69, 9.17) is 0 Å². The number of benzene rings is 1. The average molecular weight is 158 g/mol. The number of hydrogen-bond acceptors (Lipinski definition) is 1. The van der Waals surface area contributed by atoms with Gasteiger partial charge in [-0.25, -0.2) is 4.98 Å². The van der Waals surface area contributed by atoms with Crippen molar-refractivity contribution in [2.24, 2.45) is 0 Å². The fraction of sp³-hybridized carbons (Fsp3) is 0.100. The molecule has 0 saturated carbocycles. The van der Waals surface area contributed by atoms with E-state index in [1.165, 1.54) is 0 Å². The summed E-state index contributed by atoms with van der Waals surface area (Å²) >= 11 is 0. The first kappa shape index (κ1) is 7.10. The molecule has 1 heterocycles. The van der Waals surface area contributed by atoms with Gasteiger partial charge in [-0.3, -0.25) is 0 Å². The van der Waals surface area contributed by atoms with E-state index in [9.17, 15) is 0 Å². The number of aryl methyl sites for hydroxylation is 1. The molecule has 12 heavy (non-hydrogen) atoms. The zero-order valence-corrected chi connectivity index (χ0v) is 6.96. The topological polar surface area (TPSA) is 28.7 Å². The number of nitrogens with zero attached hydrogens (tertiary/aromatic N) is 1. The Morgan fingerprint density at radius 1 is 1.50 bits per heavy atom. The molecule has 0 amide bonds. The number of rotatable bonds is 1. The highest BCUT2D eigenvalue weighted by Crippen LogP contribution is 2.16. The molecule has 1 aromatic carbocycles. The van der Waals surface area contributed by atoms with Gasteiger partial charge in [0.2, 0.25) is 0 Å². The van der Waals surface area contributed by atoms with Gasteiger partial charge in [0.05, 0.1) is 11.0 Å². The zero-order chi connectivity index (χ0) is 8.55. The molecular weight excluding hydrogens is 148 g/mol. The Labute approximate surface area is 70.9 Å². The summed E-state index contributed by atoms with van der Waals surface area (Å²) in [4.78, 5) is 7.53. The van der Waals surface area contributed by atoms with E-state index in [1.54, 1.807) is 0 Å². The molecular formula is C10H10N2. The lowest BCUT2D eigenvalue weighted by Gasteiger charge is -1.91. The number of fused-ring (bicyclic) bond motifs is 1. The van der Waals surface area contributed by atoms with Gasteiger partial charge in [0, 0.05) is 5.56 Å². The predicted octanol–water partition coefficient (Wildman–Crippen LogP) is 2.51. The molecule has 0 aliphatic carbocycles. The van der Waals surface area contributed by atoms with E-state index >= 15 is 0 Å². The fourth-order valence-corrected chi connectivity index (χ4v) is 1.34. The Kier molecular flexibility index (Phi) is 1.47. The summed E-state index contributed by atoms with van der Waals surface area (Å²) in [7, 11) is 0. The van der Waals surface area contributed by atoms with E-state index < -0.39 is 0 Å².